The van der Waals surface area contributed by atoms with E-state index in [1.807, 2.05) is 24.3 Å². The van der Waals surface area contributed by atoms with Gasteiger partial charge in [-0.3, -0.25) is 14.5 Å². The van der Waals surface area contributed by atoms with Crippen molar-refractivity contribution in [1.82, 2.24) is 4.98 Å². The molecule has 1 aromatic heterocycles. The number of benzene rings is 2. The Bertz CT molecular complexity index is 1540. The second kappa shape index (κ2) is 11.0. The van der Waals surface area contributed by atoms with Gasteiger partial charge in [-0.15, -0.1) is 0 Å². The van der Waals surface area contributed by atoms with Crippen LogP contribution in [0.1, 0.15) is 57.9 Å². The topological polar surface area (TPSA) is 115 Å². The highest BCUT2D eigenvalue weighted by Gasteiger charge is 2.48. The second-order valence-corrected chi connectivity index (χ2v) is 10.6. The van der Waals surface area contributed by atoms with Gasteiger partial charge in [0.15, 0.2) is 16.6 Å². The van der Waals surface area contributed by atoms with Gasteiger partial charge >= 0.3 is 11.9 Å². The number of ketones is 1. The van der Waals surface area contributed by atoms with Crippen molar-refractivity contribution in [3.63, 3.8) is 0 Å². The Hall–Kier alpha value is -4.44. The summed E-state index contributed by atoms with van der Waals surface area (Å²) in [5.41, 5.74) is 2.24. The van der Waals surface area contributed by atoms with Gasteiger partial charge in [0.2, 0.25) is 0 Å². The molecule has 1 saturated heterocycles. The van der Waals surface area contributed by atoms with Gasteiger partial charge in [0.25, 0.3) is 5.78 Å². The molecule has 0 unspecified atom stereocenters. The van der Waals surface area contributed by atoms with Crippen LogP contribution in [-0.2, 0) is 14.3 Å². The number of ether oxygens (including phenoxy) is 3. The van der Waals surface area contributed by atoms with Crippen molar-refractivity contribution in [2.45, 2.75) is 32.7 Å². The van der Waals surface area contributed by atoms with E-state index in [0.29, 0.717) is 41.5 Å². The highest BCUT2D eigenvalue weighted by Crippen LogP contribution is 2.45. The van der Waals surface area contributed by atoms with E-state index >= 15 is 0 Å². The first-order valence-electron chi connectivity index (χ1n) is 12.8. The third-order valence-corrected chi connectivity index (χ3v) is 7.82. The molecule has 40 heavy (non-hydrogen) atoms. The maximum atomic E-state index is 13.5. The zero-order chi connectivity index (χ0) is 28.6. The van der Waals surface area contributed by atoms with Crippen LogP contribution in [0.2, 0.25) is 0 Å². The molecule has 2 aromatic carbocycles. The molecule has 3 heterocycles. The number of carbonyl (C=O) groups is 3. The van der Waals surface area contributed by atoms with Gasteiger partial charge < -0.3 is 19.3 Å². The van der Waals surface area contributed by atoms with Gasteiger partial charge in [-0.05, 0) is 42.2 Å². The third kappa shape index (κ3) is 4.86. The van der Waals surface area contributed by atoms with Crippen molar-refractivity contribution < 1.29 is 33.7 Å². The van der Waals surface area contributed by atoms with Gasteiger partial charge in [0.05, 0.1) is 17.3 Å². The molecule has 2 aliphatic rings. The van der Waals surface area contributed by atoms with Crippen molar-refractivity contribution in [2.24, 2.45) is 0 Å². The van der Waals surface area contributed by atoms with Crippen LogP contribution >= 0.6 is 11.3 Å². The standard InChI is InChI=1S/C30H28N2O7S/c1-5-12-39-29(36)27-17(4)31-30(40-27)32-24(19-8-6-18(7-9-19)16(2)3)23(26(34)28(32)35)25(33)20-10-11-21-22(15-20)38-14-13-37-21/h5-11,15-16,24,33H,1,12-14H2,2-4H3/t24-/m0/s1. The summed E-state index contributed by atoms with van der Waals surface area (Å²) in [6.45, 7) is 10.1. The van der Waals surface area contributed by atoms with E-state index < -0.39 is 23.7 Å². The number of aliphatic hydroxyl groups excluding tert-OH is 1. The lowest BCUT2D eigenvalue weighted by Gasteiger charge is -2.24. The van der Waals surface area contributed by atoms with E-state index in [9.17, 15) is 19.5 Å². The third-order valence-electron chi connectivity index (χ3n) is 6.69. The Labute approximate surface area is 235 Å². The molecule has 0 bridgehead atoms. The van der Waals surface area contributed by atoms with E-state index in [2.05, 4.69) is 25.4 Å². The summed E-state index contributed by atoms with van der Waals surface area (Å²) in [5.74, 6) is -1.46. The average Bonchev–Trinajstić information content (AvgIpc) is 3.47. The fraction of sp³-hybridized carbons (Fsp3) is 0.267. The minimum absolute atomic E-state index is 0.0216. The monoisotopic (exact) mass is 560 g/mol. The molecule has 2 aliphatic heterocycles. The van der Waals surface area contributed by atoms with Crippen LogP contribution in [0.5, 0.6) is 11.5 Å². The number of nitrogens with zero attached hydrogens (tertiary/aromatic N) is 2. The van der Waals surface area contributed by atoms with E-state index in [1.165, 1.54) is 11.0 Å². The number of aliphatic hydroxyl groups is 1. The Morgan fingerprint density at radius 3 is 2.55 bits per heavy atom. The lowest BCUT2D eigenvalue weighted by Crippen LogP contribution is -2.29. The summed E-state index contributed by atoms with van der Waals surface area (Å²) in [7, 11) is 0. The summed E-state index contributed by atoms with van der Waals surface area (Å²) >= 11 is 0.948. The lowest BCUT2D eigenvalue weighted by molar-refractivity contribution is -0.132. The van der Waals surface area contributed by atoms with Crippen LogP contribution in [0, 0.1) is 6.92 Å². The molecule has 10 heteroatoms. The van der Waals surface area contributed by atoms with Crippen molar-refractivity contribution in [3.05, 3.63) is 88.0 Å². The molecule has 5 rings (SSSR count). The first-order chi connectivity index (χ1) is 19.2. The zero-order valence-corrected chi connectivity index (χ0v) is 23.1. The van der Waals surface area contributed by atoms with Gasteiger partial charge in [0.1, 0.15) is 30.5 Å². The minimum Gasteiger partial charge on any atom is -0.507 e. The number of thiazole rings is 1. The summed E-state index contributed by atoms with van der Waals surface area (Å²) < 4.78 is 16.4. The number of Topliss-reactive ketones (excluding diaryl/α,β-unsaturated/α-hetero) is 1. The molecular weight excluding hydrogens is 532 g/mol. The molecule has 1 N–H and O–H groups in total. The average molecular weight is 561 g/mol. The first-order valence-corrected chi connectivity index (χ1v) is 13.6. The maximum absolute atomic E-state index is 13.5. The summed E-state index contributed by atoms with van der Waals surface area (Å²) in [5, 5.41) is 11.6. The van der Waals surface area contributed by atoms with Gasteiger partial charge in [0, 0.05) is 5.56 Å². The molecule has 1 atom stereocenters. The van der Waals surface area contributed by atoms with Crippen molar-refractivity contribution in [1.29, 1.82) is 0 Å². The zero-order valence-electron chi connectivity index (χ0n) is 22.3. The number of anilines is 1. The van der Waals surface area contributed by atoms with E-state index in [4.69, 9.17) is 14.2 Å². The number of fused-ring (bicyclic) bond motifs is 1. The highest BCUT2D eigenvalue weighted by atomic mass is 32.1. The number of aryl methyl sites for hydroxylation is 1. The molecule has 0 saturated carbocycles. The summed E-state index contributed by atoms with van der Waals surface area (Å²) in [4.78, 5) is 45.5. The van der Waals surface area contributed by atoms with Crippen LogP contribution in [0.15, 0.2) is 60.7 Å². The number of amides is 1. The van der Waals surface area contributed by atoms with Crippen LogP contribution in [-0.4, -0.2) is 47.6 Å². The van der Waals surface area contributed by atoms with Crippen molar-refractivity contribution in [2.75, 3.05) is 24.7 Å². The SMILES string of the molecule is C=CCOC(=O)c1sc(N2C(=O)C(=O)C(=C(O)c3ccc4c(c3)OCCO4)[C@@H]2c2ccc(C(C)C)cc2)nc1C. The maximum Gasteiger partial charge on any atom is 0.350 e. The quantitative estimate of drug-likeness (QED) is 0.136. The molecule has 3 aromatic rings. The van der Waals surface area contributed by atoms with Crippen LogP contribution < -0.4 is 14.4 Å². The first kappa shape index (κ1) is 27.1. The number of esters is 1. The fourth-order valence-electron chi connectivity index (χ4n) is 4.63. The number of rotatable bonds is 7. The molecular formula is C30H28N2O7S. The minimum atomic E-state index is -0.989. The molecule has 1 fully saturated rings. The number of carbonyl (C=O) groups excluding carboxylic acids is 3. The Morgan fingerprint density at radius 1 is 1.18 bits per heavy atom. The lowest BCUT2D eigenvalue weighted by atomic mass is 9.93. The van der Waals surface area contributed by atoms with Crippen LogP contribution in [0.25, 0.3) is 5.76 Å². The van der Waals surface area contributed by atoms with E-state index in [0.717, 1.165) is 16.9 Å². The van der Waals surface area contributed by atoms with Gasteiger partial charge in [-0.1, -0.05) is 62.1 Å². The summed E-state index contributed by atoms with van der Waals surface area (Å²) in [6, 6.07) is 11.4. The number of hydrogen-bond donors (Lipinski definition) is 1. The smallest absolute Gasteiger partial charge is 0.350 e. The second-order valence-electron chi connectivity index (χ2n) is 9.65. The number of aromatic nitrogens is 1. The molecule has 0 spiro atoms. The Morgan fingerprint density at radius 2 is 1.88 bits per heavy atom. The van der Waals surface area contributed by atoms with Crippen LogP contribution in [0.3, 0.4) is 0 Å². The van der Waals surface area contributed by atoms with Crippen molar-refractivity contribution in [3.8, 4) is 11.5 Å². The van der Waals surface area contributed by atoms with Gasteiger partial charge in [-0.25, -0.2) is 9.78 Å². The molecule has 1 amide bonds. The predicted molar refractivity (Wildman–Crippen MR) is 150 cm³/mol. The predicted octanol–water partition coefficient (Wildman–Crippen LogP) is 5.32. The molecule has 206 valence electrons. The van der Waals surface area contributed by atoms with Gasteiger partial charge in [-0.2, -0.15) is 0 Å². The Kier molecular flexibility index (Phi) is 7.44. The fourth-order valence-corrected chi connectivity index (χ4v) is 5.62. The van der Waals surface area contributed by atoms with Crippen LogP contribution in [0.4, 0.5) is 5.13 Å². The molecule has 9 nitrogen and oxygen atoms in total. The largest absolute Gasteiger partial charge is 0.507 e. The summed E-state index contributed by atoms with van der Waals surface area (Å²) in [6.07, 6.45) is 1.45. The molecule has 0 aliphatic carbocycles. The number of hydrogen-bond acceptors (Lipinski definition) is 9. The van der Waals surface area contributed by atoms with Crippen molar-refractivity contribution >= 4 is 39.9 Å². The normalized spacial score (nSPS) is 17.8. The molecule has 0 radical (unpaired) electrons. The highest BCUT2D eigenvalue weighted by molar-refractivity contribution is 7.17. The van der Waals surface area contributed by atoms with E-state index in [1.54, 1.807) is 25.1 Å². The Balaban J connectivity index is 1.65. The van der Waals surface area contributed by atoms with E-state index in [-0.39, 0.29) is 33.9 Å².